The largest absolute Gasteiger partial charge is 0.455 e. The molecule has 0 spiro atoms. The molecule has 0 saturated heterocycles. The van der Waals surface area contributed by atoms with Crippen molar-refractivity contribution in [3.05, 3.63) is 95.0 Å². The number of hydrogen-bond acceptors (Lipinski definition) is 2. The van der Waals surface area contributed by atoms with E-state index < -0.39 is 6.85 Å². The van der Waals surface area contributed by atoms with Gasteiger partial charge in [-0.25, -0.2) is 9.41 Å². The maximum Gasteiger partial charge on any atom is 0.216 e. The molecule has 0 radical (unpaired) electrons. The number of aryl methyl sites for hydroxylation is 3. The first kappa shape index (κ1) is 16.3. The number of fused-ring (bicyclic) bond motifs is 3. The Hall–Kier alpha value is -4.41. The van der Waals surface area contributed by atoms with Crippen molar-refractivity contribution in [3.63, 3.8) is 0 Å². The van der Waals surface area contributed by atoms with E-state index in [1.54, 1.807) is 41.1 Å². The third-order valence-corrected chi connectivity index (χ3v) is 5.82. The summed E-state index contributed by atoms with van der Waals surface area (Å²) < 4.78 is 31.5. The van der Waals surface area contributed by atoms with Gasteiger partial charge >= 0.3 is 0 Å². The molecule has 0 N–H and O–H groups in total. The molecule has 0 atom stereocenters. The monoisotopic (exact) mass is 417 g/mol. The summed E-state index contributed by atoms with van der Waals surface area (Å²) in [4.78, 5) is 3.65. The normalized spacial score (nSPS) is 12.7. The van der Waals surface area contributed by atoms with E-state index in [0.717, 1.165) is 27.6 Å². The highest BCUT2D eigenvalue weighted by Crippen LogP contribution is 2.43. The molecule has 4 nitrogen and oxygen atoms in total. The van der Waals surface area contributed by atoms with Gasteiger partial charge < -0.3 is 4.42 Å². The second kappa shape index (κ2) is 7.38. The highest BCUT2D eigenvalue weighted by atomic mass is 16.3. The first-order valence-corrected chi connectivity index (χ1v) is 10.1. The van der Waals surface area contributed by atoms with E-state index in [4.69, 9.17) is 15.1 Å². The third-order valence-electron chi connectivity index (χ3n) is 5.82. The number of para-hydroxylation sites is 1. The smallest absolute Gasteiger partial charge is 0.216 e. The van der Waals surface area contributed by atoms with Gasteiger partial charge in [0.15, 0.2) is 11.9 Å². The van der Waals surface area contributed by atoms with E-state index in [2.05, 4.69) is 10.9 Å². The van der Waals surface area contributed by atoms with E-state index >= 15 is 0 Å². The van der Waals surface area contributed by atoms with Crippen LogP contribution in [0.5, 0.6) is 0 Å². The van der Waals surface area contributed by atoms with Crippen molar-refractivity contribution < 1.29 is 13.1 Å². The molecule has 0 aliphatic rings. The Morgan fingerprint density at radius 1 is 1.00 bits per heavy atom. The Kier molecular flexibility index (Phi) is 3.76. The summed E-state index contributed by atoms with van der Waals surface area (Å²) >= 11 is 0. The van der Waals surface area contributed by atoms with Gasteiger partial charge in [-0.15, -0.1) is 0 Å². The zero-order valence-electron chi connectivity index (χ0n) is 20.6. The molecule has 4 heteroatoms. The van der Waals surface area contributed by atoms with Crippen LogP contribution in [0.25, 0.3) is 49.2 Å². The molecule has 0 fully saturated rings. The zero-order valence-corrected chi connectivity index (χ0v) is 17.6. The summed E-state index contributed by atoms with van der Waals surface area (Å²) in [6, 6.07) is 20.5. The summed E-state index contributed by atoms with van der Waals surface area (Å²) in [5, 5.41) is 11.6. The lowest BCUT2D eigenvalue weighted by Crippen LogP contribution is -2.31. The van der Waals surface area contributed by atoms with Gasteiger partial charge in [-0.1, -0.05) is 36.4 Å². The van der Waals surface area contributed by atoms with Crippen LogP contribution in [0.4, 0.5) is 5.69 Å². The molecule has 5 aromatic rings. The van der Waals surface area contributed by atoms with Crippen molar-refractivity contribution in [1.29, 1.82) is 5.26 Å². The number of benzene rings is 3. The minimum absolute atomic E-state index is 0.259. The number of hydrogen-bond donors (Lipinski definition) is 0. The van der Waals surface area contributed by atoms with Crippen LogP contribution >= 0.6 is 0 Å². The molecule has 3 aromatic carbocycles. The Morgan fingerprint density at radius 3 is 2.47 bits per heavy atom. The van der Waals surface area contributed by atoms with Gasteiger partial charge in [0.2, 0.25) is 5.69 Å². The van der Waals surface area contributed by atoms with Crippen molar-refractivity contribution in [2.75, 3.05) is 0 Å². The number of nitriles is 1. The second-order valence-corrected chi connectivity index (χ2v) is 7.76. The quantitative estimate of drug-likeness (QED) is 0.235. The van der Waals surface area contributed by atoms with Crippen LogP contribution in [-0.4, -0.2) is 0 Å². The van der Waals surface area contributed by atoms with Crippen molar-refractivity contribution in [2.24, 2.45) is 7.05 Å². The van der Waals surface area contributed by atoms with Gasteiger partial charge in [-0.05, 0) is 43.1 Å². The number of pyridine rings is 1. The van der Waals surface area contributed by atoms with Gasteiger partial charge in [0.25, 0.3) is 0 Å². The molecule has 0 unspecified atom stereocenters. The molecule has 0 bridgehead atoms. The summed E-state index contributed by atoms with van der Waals surface area (Å²) in [6.45, 7) is 7.39. The first-order valence-electron chi connectivity index (χ1n) is 11.6. The van der Waals surface area contributed by atoms with Crippen LogP contribution in [0.15, 0.2) is 71.3 Å². The predicted molar refractivity (Wildman–Crippen MR) is 126 cm³/mol. The van der Waals surface area contributed by atoms with E-state index in [-0.39, 0.29) is 5.56 Å². The lowest BCUT2D eigenvalue weighted by Gasteiger charge is -2.07. The molecule has 0 aliphatic carbocycles. The van der Waals surface area contributed by atoms with Gasteiger partial charge in [0, 0.05) is 32.1 Å². The Labute approximate surface area is 190 Å². The van der Waals surface area contributed by atoms with Crippen LogP contribution in [0.2, 0.25) is 0 Å². The van der Waals surface area contributed by atoms with Gasteiger partial charge in [0.1, 0.15) is 18.2 Å². The van der Waals surface area contributed by atoms with E-state index in [0.29, 0.717) is 33.5 Å². The maximum absolute atomic E-state index is 9.86. The molecule has 0 aliphatic heterocycles. The molecular formula is C28H20N3O+. The fraction of sp³-hybridized carbons (Fsp3) is 0.107. The average molecular weight is 418 g/mol. The molecule has 5 rings (SSSR count). The Bertz CT molecular complexity index is 1730. The molecule has 2 aromatic heterocycles. The summed E-state index contributed by atoms with van der Waals surface area (Å²) in [6.07, 6.45) is 1.62. The highest BCUT2D eigenvalue weighted by molar-refractivity contribution is 6.14. The Morgan fingerprint density at radius 2 is 1.75 bits per heavy atom. The van der Waals surface area contributed by atoms with E-state index in [1.165, 1.54) is 0 Å². The van der Waals surface area contributed by atoms with Crippen molar-refractivity contribution in [3.8, 4) is 28.5 Å². The average Bonchev–Trinajstić information content (AvgIpc) is 3.21. The predicted octanol–water partition coefficient (Wildman–Crippen LogP) is 6.78. The van der Waals surface area contributed by atoms with E-state index in [9.17, 15) is 5.26 Å². The molecule has 152 valence electrons. The second-order valence-electron chi connectivity index (χ2n) is 7.76. The van der Waals surface area contributed by atoms with Crippen LogP contribution in [0.1, 0.15) is 20.8 Å². The van der Waals surface area contributed by atoms with Crippen LogP contribution in [0, 0.1) is 31.7 Å². The molecule has 0 amide bonds. The van der Waals surface area contributed by atoms with Crippen molar-refractivity contribution in [2.45, 2.75) is 13.8 Å². The molecule has 0 saturated carbocycles. The lowest BCUT2D eigenvalue weighted by molar-refractivity contribution is -0.660. The zero-order chi connectivity index (χ0) is 24.9. The SMILES string of the molecule is [2H]C([2H])([2H])c1ccc(-c2c(C)ccc3c2oc2c(-c4ccccc4[N+]#[C-])c(C#N)ccc23)[n+](C)c1. The van der Waals surface area contributed by atoms with Crippen LogP contribution < -0.4 is 4.57 Å². The fourth-order valence-corrected chi connectivity index (χ4v) is 4.33. The highest BCUT2D eigenvalue weighted by Gasteiger charge is 2.23. The summed E-state index contributed by atoms with van der Waals surface area (Å²) in [7, 11) is 1.82. The fourth-order valence-electron chi connectivity index (χ4n) is 4.33. The van der Waals surface area contributed by atoms with Gasteiger partial charge in [0.05, 0.1) is 23.8 Å². The number of furan rings is 1. The molecule has 32 heavy (non-hydrogen) atoms. The van der Waals surface area contributed by atoms with Gasteiger partial charge in [-0.3, -0.25) is 0 Å². The maximum atomic E-state index is 9.86. The molecular weight excluding hydrogens is 394 g/mol. The van der Waals surface area contributed by atoms with Gasteiger partial charge in [-0.2, -0.15) is 5.26 Å². The van der Waals surface area contributed by atoms with Crippen molar-refractivity contribution in [1.82, 2.24) is 0 Å². The number of nitrogens with zero attached hydrogens (tertiary/aromatic N) is 3. The lowest BCUT2D eigenvalue weighted by atomic mass is 9.95. The van der Waals surface area contributed by atoms with Crippen LogP contribution in [-0.2, 0) is 7.05 Å². The van der Waals surface area contributed by atoms with Crippen LogP contribution in [0.3, 0.4) is 0 Å². The number of rotatable bonds is 2. The minimum atomic E-state index is -2.20. The van der Waals surface area contributed by atoms with Crippen molar-refractivity contribution >= 4 is 27.6 Å². The number of aromatic nitrogens is 1. The third kappa shape index (κ3) is 2.86. The summed E-state index contributed by atoms with van der Waals surface area (Å²) in [5.41, 5.74) is 6.20. The first-order chi connectivity index (χ1) is 16.7. The minimum Gasteiger partial charge on any atom is -0.455 e. The molecule has 2 heterocycles. The van der Waals surface area contributed by atoms with E-state index in [1.807, 2.05) is 44.3 Å². The topological polar surface area (TPSA) is 45.2 Å². The standard InChI is InChI=1S/C28H20N3O/c1-17-9-14-24(31(4)16-17)25-18(2)10-12-20-21-13-11-19(15-29)26(28(21)32-27(20)25)22-7-5-6-8-23(22)30-3/h5-14,16H,1-2,4H3/q+1/i1D3. The summed E-state index contributed by atoms with van der Waals surface area (Å²) in [5.74, 6) is 0. The Balaban J connectivity index is 1.87.